The summed E-state index contributed by atoms with van der Waals surface area (Å²) in [4.78, 5) is 25.4. The zero-order valence-corrected chi connectivity index (χ0v) is 27.1. The summed E-state index contributed by atoms with van der Waals surface area (Å²) in [5.74, 6) is 0.0196. The maximum atomic E-state index is 14.0. The van der Waals surface area contributed by atoms with Crippen LogP contribution < -0.4 is 10.1 Å². The molecule has 1 aromatic heterocycles. The summed E-state index contributed by atoms with van der Waals surface area (Å²) in [5.41, 5.74) is 1.39. The standard InChI is InChI=1S/C32H44N5O4SSi/c1-3-34-18-20-36(21-19-34)25-10-14-35(15-11-25)24-12-16-37(17-13-24)32-29-22-28(43(2)41)8-9-30(29)33-23-31(32)42(39,40)27-6-4-26(38)5-7-27/h4-9,22-25,38,41H,3,10-21H2,1-2H3. The molecule has 43 heavy (non-hydrogen) atoms. The van der Waals surface area contributed by atoms with Gasteiger partial charge in [0.15, 0.2) is 0 Å². The highest BCUT2D eigenvalue weighted by molar-refractivity contribution is 7.91. The number of hydrogen-bond donors (Lipinski definition) is 2. The number of aromatic hydroxyl groups is 1. The molecule has 6 rings (SSSR count). The molecule has 11 heteroatoms. The van der Waals surface area contributed by atoms with Gasteiger partial charge in [0.2, 0.25) is 18.9 Å². The molecular weight excluding hydrogens is 579 g/mol. The lowest BCUT2D eigenvalue weighted by molar-refractivity contribution is 0.0449. The van der Waals surface area contributed by atoms with Crippen LogP contribution in [-0.4, -0.2) is 118 Å². The molecule has 3 aliphatic rings. The number of piperazine rings is 1. The first-order valence-electron chi connectivity index (χ1n) is 15.7. The van der Waals surface area contributed by atoms with Gasteiger partial charge in [-0.15, -0.1) is 0 Å². The molecule has 3 fully saturated rings. The predicted octanol–water partition coefficient (Wildman–Crippen LogP) is 2.66. The molecule has 0 atom stereocenters. The topological polar surface area (TPSA) is 100 Å². The Morgan fingerprint density at radius 3 is 2.07 bits per heavy atom. The van der Waals surface area contributed by atoms with E-state index in [4.69, 9.17) is 0 Å². The van der Waals surface area contributed by atoms with Gasteiger partial charge in [-0.2, -0.15) is 0 Å². The fourth-order valence-electron chi connectivity index (χ4n) is 7.18. The van der Waals surface area contributed by atoms with Crippen LogP contribution in [-0.2, 0) is 9.84 Å². The Bertz CT molecular complexity index is 1510. The molecule has 0 aliphatic carbocycles. The number of fused-ring (bicyclic) bond motifs is 1. The van der Waals surface area contributed by atoms with Crippen molar-refractivity contribution in [3.05, 3.63) is 48.7 Å². The second-order valence-electron chi connectivity index (χ2n) is 12.2. The van der Waals surface area contributed by atoms with E-state index in [-0.39, 0.29) is 15.5 Å². The van der Waals surface area contributed by atoms with E-state index in [0.717, 1.165) is 61.7 Å². The minimum Gasteiger partial charge on any atom is -0.508 e. The monoisotopic (exact) mass is 622 g/mol. The molecule has 231 valence electrons. The number of benzene rings is 2. The number of phenolic OH excluding ortho intramolecular Hbond substituents is 1. The SMILES string of the molecule is CCN1CCN(C2CCN(C3CCN(c4c(S(=O)(=O)c5ccc(O)cc5)cnc5ccc([Si](C)O)cc45)CC3)CC2)CC1. The average molecular weight is 623 g/mol. The van der Waals surface area contributed by atoms with Crippen LogP contribution in [0.4, 0.5) is 5.69 Å². The minimum atomic E-state index is -3.90. The van der Waals surface area contributed by atoms with Gasteiger partial charge in [0.25, 0.3) is 0 Å². The molecule has 3 saturated heterocycles. The number of aromatic nitrogens is 1. The predicted molar refractivity (Wildman–Crippen MR) is 172 cm³/mol. The second-order valence-corrected chi connectivity index (χ2v) is 15.9. The second kappa shape index (κ2) is 12.8. The van der Waals surface area contributed by atoms with Crippen molar-refractivity contribution in [2.24, 2.45) is 0 Å². The van der Waals surface area contributed by atoms with Crippen LogP contribution in [0.1, 0.15) is 32.6 Å². The van der Waals surface area contributed by atoms with E-state index < -0.39 is 18.9 Å². The maximum Gasteiger partial charge on any atom is 0.239 e. The van der Waals surface area contributed by atoms with Crippen molar-refractivity contribution >= 4 is 40.7 Å². The van der Waals surface area contributed by atoms with Crippen molar-refractivity contribution in [3.8, 4) is 5.75 Å². The molecule has 0 amide bonds. The van der Waals surface area contributed by atoms with E-state index in [1.807, 2.05) is 24.7 Å². The summed E-state index contributed by atoms with van der Waals surface area (Å²) in [6.07, 6.45) is 5.88. The molecule has 2 N–H and O–H groups in total. The number of sulfone groups is 1. The van der Waals surface area contributed by atoms with Crippen LogP contribution in [0.3, 0.4) is 0 Å². The highest BCUT2D eigenvalue weighted by Gasteiger charge is 2.34. The van der Waals surface area contributed by atoms with Crippen molar-refractivity contribution in [3.63, 3.8) is 0 Å². The van der Waals surface area contributed by atoms with E-state index in [1.165, 1.54) is 69.5 Å². The van der Waals surface area contributed by atoms with Gasteiger partial charge in [-0.25, -0.2) is 8.42 Å². The number of phenols is 1. The lowest BCUT2D eigenvalue weighted by Gasteiger charge is -2.46. The fraction of sp³-hybridized carbons (Fsp3) is 0.531. The number of rotatable bonds is 7. The molecule has 9 nitrogen and oxygen atoms in total. The van der Waals surface area contributed by atoms with Crippen molar-refractivity contribution in [1.29, 1.82) is 0 Å². The smallest absolute Gasteiger partial charge is 0.239 e. The Morgan fingerprint density at radius 1 is 0.860 bits per heavy atom. The third-order valence-corrected chi connectivity index (χ3v) is 12.7. The van der Waals surface area contributed by atoms with E-state index in [9.17, 15) is 18.3 Å². The van der Waals surface area contributed by atoms with E-state index in [2.05, 4.69) is 31.5 Å². The van der Waals surface area contributed by atoms with Crippen molar-refractivity contribution < 1.29 is 18.3 Å². The highest BCUT2D eigenvalue weighted by atomic mass is 32.2. The molecule has 0 spiro atoms. The first kappa shape index (κ1) is 30.5. The number of likely N-dealkylation sites (tertiary alicyclic amines) is 1. The molecule has 4 heterocycles. The number of nitrogens with zero attached hydrogens (tertiary/aromatic N) is 5. The largest absolute Gasteiger partial charge is 0.508 e. The van der Waals surface area contributed by atoms with Gasteiger partial charge in [0.05, 0.1) is 16.1 Å². The molecule has 0 saturated carbocycles. The molecule has 0 bridgehead atoms. The lowest BCUT2D eigenvalue weighted by atomic mass is 9.96. The van der Waals surface area contributed by atoms with Gasteiger partial charge in [0, 0.05) is 62.9 Å². The van der Waals surface area contributed by atoms with Crippen LogP contribution in [0.5, 0.6) is 5.75 Å². The van der Waals surface area contributed by atoms with Gasteiger partial charge in [-0.05, 0) is 93.4 Å². The Hall–Kier alpha value is -2.54. The van der Waals surface area contributed by atoms with Crippen LogP contribution in [0.2, 0.25) is 6.55 Å². The Morgan fingerprint density at radius 2 is 1.47 bits per heavy atom. The van der Waals surface area contributed by atoms with Gasteiger partial charge in [-0.1, -0.05) is 13.0 Å². The van der Waals surface area contributed by atoms with Crippen molar-refractivity contribution in [2.45, 2.75) is 61.0 Å². The summed E-state index contributed by atoms with van der Waals surface area (Å²) in [6, 6.07) is 12.6. The van der Waals surface area contributed by atoms with Gasteiger partial charge >= 0.3 is 0 Å². The van der Waals surface area contributed by atoms with E-state index in [0.29, 0.717) is 17.8 Å². The van der Waals surface area contributed by atoms with E-state index >= 15 is 0 Å². The number of likely N-dealkylation sites (N-methyl/N-ethyl adjacent to an activating group) is 1. The van der Waals surface area contributed by atoms with E-state index in [1.54, 1.807) is 0 Å². The molecule has 3 aromatic rings. The maximum absolute atomic E-state index is 14.0. The normalized spacial score (nSPS) is 20.8. The summed E-state index contributed by atoms with van der Waals surface area (Å²) >= 11 is 0. The third kappa shape index (κ3) is 6.34. The van der Waals surface area contributed by atoms with Crippen molar-refractivity contribution in [2.75, 3.05) is 63.8 Å². The van der Waals surface area contributed by atoms with Crippen LogP contribution in [0.25, 0.3) is 10.9 Å². The summed E-state index contributed by atoms with van der Waals surface area (Å²) in [7, 11) is -5.63. The number of pyridine rings is 1. The van der Waals surface area contributed by atoms with Crippen LogP contribution in [0.15, 0.2) is 58.5 Å². The average Bonchev–Trinajstić information content (AvgIpc) is 3.04. The molecular formula is C32H44N5O4SSi. The minimum absolute atomic E-state index is 0.0196. The zero-order valence-electron chi connectivity index (χ0n) is 25.3. The van der Waals surface area contributed by atoms with Gasteiger partial charge in [0.1, 0.15) is 10.6 Å². The Labute approximate surface area is 257 Å². The molecule has 2 aromatic carbocycles. The lowest BCUT2D eigenvalue weighted by Crippen LogP contribution is -2.55. The zero-order chi connectivity index (χ0) is 30.1. The quantitative estimate of drug-likeness (QED) is 0.386. The number of piperidine rings is 2. The summed E-state index contributed by atoms with van der Waals surface area (Å²) in [6.45, 7) is 13.7. The third-order valence-electron chi connectivity index (χ3n) is 9.83. The Balaban J connectivity index is 1.21. The van der Waals surface area contributed by atoms with Crippen LogP contribution >= 0.6 is 0 Å². The summed E-state index contributed by atoms with van der Waals surface area (Å²) in [5, 5.41) is 11.4. The van der Waals surface area contributed by atoms with Gasteiger partial charge < -0.3 is 24.6 Å². The summed E-state index contributed by atoms with van der Waals surface area (Å²) < 4.78 is 27.9. The first-order valence-corrected chi connectivity index (χ1v) is 19.1. The number of hydrogen-bond acceptors (Lipinski definition) is 9. The fourth-order valence-corrected chi connectivity index (χ4v) is 9.29. The van der Waals surface area contributed by atoms with Crippen LogP contribution in [0, 0.1) is 0 Å². The molecule has 3 aliphatic heterocycles. The first-order chi connectivity index (χ1) is 20.7. The molecule has 1 radical (unpaired) electrons. The van der Waals surface area contributed by atoms with Gasteiger partial charge in [-0.3, -0.25) is 9.88 Å². The Kier molecular flexibility index (Phi) is 9.09. The molecule has 0 unspecified atom stereocenters. The highest BCUT2D eigenvalue weighted by Crippen LogP contribution is 2.38. The van der Waals surface area contributed by atoms with Crippen molar-refractivity contribution in [1.82, 2.24) is 19.7 Å². The number of anilines is 1.